The Hall–Kier alpha value is -0.0400. The second-order valence-corrected chi connectivity index (χ2v) is 7.48. The maximum absolute atomic E-state index is 5.76. The van der Waals surface area contributed by atoms with E-state index in [4.69, 9.17) is 5.73 Å². The topological polar surface area (TPSA) is 26.0 Å². The molecule has 114 valence electrons. The lowest BCUT2D eigenvalue weighted by Crippen LogP contribution is -2.21. The molecule has 0 spiro atoms. The number of nitrogens with two attached hydrogens (primary N) is 1. The zero-order chi connectivity index (χ0) is 14.1. The van der Waals surface area contributed by atoms with E-state index in [0.717, 1.165) is 30.2 Å². The maximum Gasteiger partial charge on any atom is -0.00489 e. The molecule has 19 heavy (non-hydrogen) atoms. The van der Waals surface area contributed by atoms with Crippen molar-refractivity contribution in [2.24, 2.45) is 29.4 Å². The summed E-state index contributed by atoms with van der Waals surface area (Å²) in [7, 11) is 0. The van der Waals surface area contributed by atoms with Crippen LogP contribution in [0, 0.1) is 23.7 Å². The standard InChI is InChI=1S/C18H37N/c1-15(2)6-4-7-16(3)8-5-9-17-10-12-18(14-19)13-11-17/h15-18H,4-14,19H2,1-3H3. The largest absolute Gasteiger partial charge is 0.330 e. The molecule has 1 atom stereocenters. The third kappa shape index (κ3) is 7.97. The molecular formula is C18H37N. The van der Waals surface area contributed by atoms with E-state index in [1.807, 2.05) is 0 Å². The molecular weight excluding hydrogens is 230 g/mol. The van der Waals surface area contributed by atoms with Crippen LogP contribution in [-0.2, 0) is 0 Å². The van der Waals surface area contributed by atoms with Crippen LogP contribution in [0.4, 0.5) is 0 Å². The van der Waals surface area contributed by atoms with Crippen molar-refractivity contribution in [1.29, 1.82) is 0 Å². The van der Waals surface area contributed by atoms with Gasteiger partial charge < -0.3 is 5.73 Å². The van der Waals surface area contributed by atoms with Crippen LogP contribution in [0.1, 0.15) is 85.0 Å². The number of rotatable bonds is 9. The van der Waals surface area contributed by atoms with Gasteiger partial charge in [0.15, 0.2) is 0 Å². The van der Waals surface area contributed by atoms with E-state index in [-0.39, 0.29) is 0 Å². The van der Waals surface area contributed by atoms with Crippen molar-refractivity contribution in [3.05, 3.63) is 0 Å². The van der Waals surface area contributed by atoms with Gasteiger partial charge in [-0.15, -0.1) is 0 Å². The van der Waals surface area contributed by atoms with E-state index < -0.39 is 0 Å². The summed E-state index contributed by atoms with van der Waals surface area (Å²) in [5.41, 5.74) is 5.76. The van der Waals surface area contributed by atoms with Gasteiger partial charge in [-0.1, -0.05) is 72.1 Å². The van der Waals surface area contributed by atoms with Crippen LogP contribution < -0.4 is 5.73 Å². The quantitative estimate of drug-likeness (QED) is 0.596. The van der Waals surface area contributed by atoms with Crippen LogP contribution in [0.25, 0.3) is 0 Å². The van der Waals surface area contributed by atoms with Gasteiger partial charge in [-0.3, -0.25) is 0 Å². The molecule has 1 fully saturated rings. The highest BCUT2D eigenvalue weighted by atomic mass is 14.5. The fourth-order valence-electron chi connectivity index (χ4n) is 3.53. The highest BCUT2D eigenvalue weighted by Gasteiger charge is 2.19. The third-order valence-corrected chi connectivity index (χ3v) is 5.09. The van der Waals surface area contributed by atoms with Crippen molar-refractivity contribution in [2.75, 3.05) is 6.54 Å². The predicted octanol–water partition coefficient (Wildman–Crippen LogP) is 5.38. The smallest absolute Gasteiger partial charge is 0.00489 e. The van der Waals surface area contributed by atoms with Crippen molar-refractivity contribution in [1.82, 2.24) is 0 Å². The van der Waals surface area contributed by atoms with E-state index in [9.17, 15) is 0 Å². The molecule has 1 rings (SSSR count). The fraction of sp³-hybridized carbons (Fsp3) is 1.00. The minimum absolute atomic E-state index is 0.839. The minimum Gasteiger partial charge on any atom is -0.330 e. The zero-order valence-electron chi connectivity index (χ0n) is 13.7. The molecule has 1 nitrogen and oxygen atoms in total. The van der Waals surface area contributed by atoms with Gasteiger partial charge in [-0.25, -0.2) is 0 Å². The Kier molecular flexibility index (Phi) is 8.77. The van der Waals surface area contributed by atoms with Crippen molar-refractivity contribution < 1.29 is 0 Å². The summed E-state index contributed by atoms with van der Waals surface area (Å²) >= 11 is 0. The van der Waals surface area contributed by atoms with E-state index in [1.54, 1.807) is 0 Å². The summed E-state index contributed by atoms with van der Waals surface area (Å²) in [4.78, 5) is 0. The Balaban J connectivity index is 1.98. The molecule has 0 aromatic heterocycles. The van der Waals surface area contributed by atoms with E-state index >= 15 is 0 Å². The molecule has 0 heterocycles. The molecule has 2 N–H and O–H groups in total. The average molecular weight is 268 g/mol. The van der Waals surface area contributed by atoms with Crippen molar-refractivity contribution in [3.8, 4) is 0 Å². The lowest BCUT2D eigenvalue weighted by molar-refractivity contribution is 0.258. The molecule has 0 aliphatic heterocycles. The first-order valence-electron chi connectivity index (χ1n) is 8.81. The van der Waals surface area contributed by atoms with Crippen LogP contribution >= 0.6 is 0 Å². The van der Waals surface area contributed by atoms with Crippen LogP contribution in [0.3, 0.4) is 0 Å². The molecule has 1 aliphatic rings. The van der Waals surface area contributed by atoms with Crippen LogP contribution in [0.15, 0.2) is 0 Å². The van der Waals surface area contributed by atoms with Gasteiger partial charge >= 0.3 is 0 Å². The van der Waals surface area contributed by atoms with Crippen molar-refractivity contribution in [3.63, 3.8) is 0 Å². The number of hydrogen-bond acceptors (Lipinski definition) is 1. The summed E-state index contributed by atoms with van der Waals surface area (Å²) < 4.78 is 0. The summed E-state index contributed by atoms with van der Waals surface area (Å²) in [6.07, 6.45) is 14.4. The molecule has 0 bridgehead atoms. The van der Waals surface area contributed by atoms with Gasteiger partial charge in [0, 0.05) is 0 Å². The van der Waals surface area contributed by atoms with Gasteiger partial charge in [-0.05, 0) is 43.1 Å². The lowest BCUT2D eigenvalue weighted by Gasteiger charge is -2.27. The first-order valence-corrected chi connectivity index (χ1v) is 8.81. The molecule has 0 radical (unpaired) electrons. The molecule has 1 unspecified atom stereocenters. The van der Waals surface area contributed by atoms with Gasteiger partial charge in [0.2, 0.25) is 0 Å². The minimum atomic E-state index is 0.839. The summed E-state index contributed by atoms with van der Waals surface area (Å²) in [6.45, 7) is 8.04. The lowest BCUT2D eigenvalue weighted by atomic mass is 9.79. The Morgan fingerprint density at radius 2 is 1.42 bits per heavy atom. The summed E-state index contributed by atoms with van der Waals surface area (Å²) in [5.74, 6) is 3.68. The van der Waals surface area contributed by atoms with E-state index in [0.29, 0.717) is 0 Å². The third-order valence-electron chi connectivity index (χ3n) is 5.09. The van der Waals surface area contributed by atoms with Crippen LogP contribution in [-0.4, -0.2) is 6.54 Å². The Morgan fingerprint density at radius 1 is 0.842 bits per heavy atom. The Bertz CT molecular complexity index is 204. The molecule has 0 aromatic rings. The molecule has 0 saturated heterocycles. The highest BCUT2D eigenvalue weighted by Crippen LogP contribution is 2.32. The molecule has 1 aliphatic carbocycles. The number of hydrogen-bond donors (Lipinski definition) is 1. The van der Waals surface area contributed by atoms with Crippen LogP contribution in [0.5, 0.6) is 0 Å². The monoisotopic (exact) mass is 267 g/mol. The molecule has 1 heteroatoms. The highest BCUT2D eigenvalue weighted by molar-refractivity contribution is 4.73. The maximum atomic E-state index is 5.76. The average Bonchev–Trinajstić information content (AvgIpc) is 2.39. The van der Waals surface area contributed by atoms with Gasteiger partial charge in [0.1, 0.15) is 0 Å². The van der Waals surface area contributed by atoms with Gasteiger partial charge in [-0.2, -0.15) is 0 Å². The molecule has 1 saturated carbocycles. The predicted molar refractivity (Wildman–Crippen MR) is 86.2 cm³/mol. The summed E-state index contributed by atoms with van der Waals surface area (Å²) in [5, 5.41) is 0. The second-order valence-electron chi connectivity index (χ2n) is 7.48. The van der Waals surface area contributed by atoms with Gasteiger partial charge in [0.05, 0.1) is 0 Å². The van der Waals surface area contributed by atoms with E-state index in [1.165, 1.54) is 64.2 Å². The molecule has 0 amide bonds. The normalized spacial score (nSPS) is 25.7. The zero-order valence-corrected chi connectivity index (χ0v) is 13.7. The van der Waals surface area contributed by atoms with Gasteiger partial charge in [0.25, 0.3) is 0 Å². The first-order chi connectivity index (χ1) is 9.11. The van der Waals surface area contributed by atoms with Crippen molar-refractivity contribution >= 4 is 0 Å². The first kappa shape index (κ1) is 17.0. The molecule has 0 aromatic carbocycles. The fourth-order valence-corrected chi connectivity index (χ4v) is 3.53. The Labute approximate surface area is 121 Å². The van der Waals surface area contributed by atoms with Crippen molar-refractivity contribution in [2.45, 2.75) is 85.0 Å². The van der Waals surface area contributed by atoms with Crippen LogP contribution in [0.2, 0.25) is 0 Å². The Morgan fingerprint density at radius 3 is 2.00 bits per heavy atom. The summed E-state index contributed by atoms with van der Waals surface area (Å²) in [6, 6.07) is 0. The van der Waals surface area contributed by atoms with E-state index in [2.05, 4.69) is 20.8 Å². The second kappa shape index (κ2) is 9.80. The SMILES string of the molecule is CC(C)CCCC(C)CCCC1CCC(CN)CC1.